The highest BCUT2D eigenvalue weighted by Gasteiger charge is 2.23. The fraction of sp³-hybridized carbons (Fsp3) is 0.500. The van der Waals surface area contributed by atoms with E-state index in [1.807, 2.05) is 13.0 Å². The second-order valence-corrected chi connectivity index (χ2v) is 9.41. The summed E-state index contributed by atoms with van der Waals surface area (Å²) in [7, 11) is 0. The van der Waals surface area contributed by atoms with Gasteiger partial charge >= 0.3 is 0 Å². The van der Waals surface area contributed by atoms with E-state index < -0.39 is 0 Å². The van der Waals surface area contributed by atoms with Crippen molar-refractivity contribution in [2.45, 2.75) is 52.3 Å². The van der Waals surface area contributed by atoms with Gasteiger partial charge in [-0.05, 0) is 65.2 Å². The van der Waals surface area contributed by atoms with Gasteiger partial charge in [0.25, 0.3) is 0 Å². The largest absolute Gasteiger partial charge is 0.346 e. The molecule has 0 spiro atoms. The molecule has 0 unspecified atom stereocenters. The fourth-order valence-corrected chi connectivity index (χ4v) is 3.67. The Balaban J connectivity index is 2.09. The molecule has 1 aliphatic carbocycles. The molecule has 1 heterocycles. The number of hydrogen-bond donors (Lipinski definition) is 0. The third-order valence-electron chi connectivity index (χ3n) is 3.82. The highest BCUT2D eigenvalue weighted by Crippen LogP contribution is 2.36. The average Bonchev–Trinajstić information content (AvgIpc) is 3.21. The smallest absolute Gasteiger partial charge is 0.138 e. The molecule has 0 N–H and O–H groups in total. The van der Waals surface area contributed by atoms with Gasteiger partial charge in [0.05, 0.1) is 15.7 Å². The summed E-state index contributed by atoms with van der Waals surface area (Å²) in [5, 5.41) is 1.62. The first-order valence-electron chi connectivity index (χ1n) is 7.93. The molecule has 1 aromatic heterocycles. The van der Waals surface area contributed by atoms with E-state index in [0.29, 0.717) is 9.72 Å². The first-order valence-corrected chi connectivity index (χ1v) is 9.56. The lowest BCUT2D eigenvalue weighted by atomic mass is 9.97. The van der Waals surface area contributed by atoms with Crippen LogP contribution in [-0.2, 0) is 6.54 Å². The van der Waals surface area contributed by atoms with Gasteiger partial charge in [-0.25, -0.2) is 8.79 Å². The lowest BCUT2D eigenvalue weighted by Crippen LogP contribution is -2.14. The second kappa shape index (κ2) is 6.25. The molecule has 0 radical (unpaired) electrons. The number of benzene rings is 1. The molecule has 23 heavy (non-hydrogen) atoms. The van der Waals surface area contributed by atoms with Crippen molar-refractivity contribution in [3.63, 3.8) is 0 Å². The molecule has 1 fully saturated rings. The summed E-state index contributed by atoms with van der Waals surface area (Å²) in [6, 6.07) is 3.50. The van der Waals surface area contributed by atoms with Gasteiger partial charge in [-0.3, -0.25) is 0 Å². The molecule has 3 rings (SSSR count). The van der Waals surface area contributed by atoms with E-state index in [4.69, 9.17) is 0 Å². The van der Waals surface area contributed by atoms with Crippen LogP contribution >= 0.6 is 27.9 Å². The van der Waals surface area contributed by atoms with Crippen LogP contribution in [0.15, 0.2) is 27.2 Å². The number of fused-ring (bicyclic) bond motifs is 1. The van der Waals surface area contributed by atoms with Gasteiger partial charge in [0.2, 0.25) is 0 Å². The molecule has 1 saturated carbocycles. The number of aromatic nitrogens is 1. The number of halogens is 2. The number of rotatable bonds is 4. The highest BCUT2D eigenvalue weighted by molar-refractivity contribution is 9.10. The minimum absolute atomic E-state index is 0.151. The van der Waals surface area contributed by atoms with Crippen molar-refractivity contribution in [3.8, 4) is 0 Å². The molecule has 124 valence electrons. The molecule has 5 heteroatoms. The van der Waals surface area contributed by atoms with Gasteiger partial charge < -0.3 is 4.57 Å². The van der Waals surface area contributed by atoms with Crippen LogP contribution in [0.3, 0.4) is 0 Å². The average molecular weight is 397 g/mol. The SMILES string of the molecule is CC(=NSC1CC1)c1cn(CC(C)(C)C)c2cc(Br)c(F)cc12. The maximum Gasteiger partial charge on any atom is 0.138 e. The van der Waals surface area contributed by atoms with Crippen molar-refractivity contribution in [1.82, 2.24) is 4.57 Å². The highest BCUT2D eigenvalue weighted by atomic mass is 79.9. The van der Waals surface area contributed by atoms with Crippen molar-refractivity contribution < 1.29 is 4.39 Å². The standard InChI is InChI=1S/C18H22BrFN2S/c1-11(21-23-12-5-6-12)14-9-22(10-18(2,3)4)17-8-15(19)16(20)7-13(14)17/h7-9,12H,5-6,10H2,1-4H3. The lowest BCUT2D eigenvalue weighted by molar-refractivity contribution is 0.349. The van der Waals surface area contributed by atoms with Crippen LogP contribution in [0.1, 0.15) is 46.1 Å². The van der Waals surface area contributed by atoms with E-state index >= 15 is 0 Å². The maximum atomic E-state index is 14.1. The molecule has 1 aliphatic rings. The van der Waals surface area contributed by atoms with E-state index in [1.165, 1.54) is 12.8 Å². The number of nitrogens with zero attached hydrogens (tertiary/aromatic N) is 2. The monoisotopic (exact) mass is 396 g/mol. The van der Waals surface area contributed by atoms with Crippen LogP contribution in [0.4, 0.5) is 4.39 Å². The summed E-state index contributed by atoms with van der Waals surface area (Å²) >= 11 is 4.97. The van der Waals surface area contributed by atoms with E-state index in [1.54, 1.807) is 18.0 Å². The van der Waals surface area contributed by atoms with Crippen LogP contribution in [0.25, 0.3) is 10.9 Å². The predicted molar refractivity (Wildman–Crippen MR) is 102 cm³/mol. The van der Waals surface area contributed by atoms with Gasteiger partial charge in [-0.1, -0.05) is 20.8 Å². The fourth-order valence-electron chi connectivity index (χ4n) is 2.59. The van der Waals surface area contributed by atoms with Crippen molar-refractivity contribution in [2.75, 3.05) is 0 Å². The Hall–Kier alpha value is -0.810. The molecule has 0 amide bonds. The van der Waals surface area contributed by atoms with Gasteiger partial charge in [-0.2, -0.15) is 0 Å². The summed E-state index contributed by atoms with van der Waals surface area (Å²) in [6.07, 6.45) is 4.64. The molecule has 0 aliphatic heterocycles. The Kier molecular flexibility index (Phi) is 4.62. The van der Waals surface area contributed by atoms with Crippen molar-refractivity contribution in [2.24, 2.45) is 9.81 Å². The molecular formula is C18H22BrFN2S. The molecular weight excluding hydrogens is 375 g/mol. The van der Waals surface area contributed by atoms with Crippen LogP contribution in [0.5, 0.6) is 0 Å². The second-order valence-electron chi connectivity index (χ2n) is 7.50. The minimum atomic E-state index is -0.227. The maximum absolute atomic E-state index is 14.1. The molecule has 0 atom stereocenters. The zero-order chi connectivity index (χ0) is 16.8. The van der Waals surface area contributed by atoms with Gasteiger partial charge in [0.1, 0.15) is 5.82 Å². The topological polar surface area (TPSA) is 17.3 Å². The Morgan fingerprint density at radius 2 is 2.09 bits per heavy atom. The molecule has 2 aromatic rings. The molecule has 0 saturated heterocycles. The summed E-state index contributed by atoms with van der Waals surface area (Å²) in [6.45, 7) is 9.53. The summed E-state index contributed by atoms with van der Waals surface area (Å²) in [5.74, 6) is -0.227. The van der Waals surface area contributed by atoms with Crippen molar-refractivity contribution in [3.05, 3.63) is 34.2 Å². The van der Waals surface area contributed by atoms with Crippen LogP contribution in [0.2, 0.25) is 0 Å². The van der Waals surface area contributed by atoms with E-state index in [2.05, 4.69) is 51.9 Å². The first-order chi connectivity index (χ1) is 10.7. The predicted octanol–water partition coefficient (Wildman–Crippen LogP) is 6.21. The van der Waals surface area contributed by atoms with Gasteiger partial charge in [-0.15, -0.1) is 0 Å². The minimum Gasteiger partial charge on any atom is -0.346 e. The van der Waals surface area contributed by atoms with Crippen LogP contribution < -0.4 is 0 Å². The zero-order valence-electron chi connectivity index (χ0n) is 14.0. The lowest BCUT2D eigenvalue weighted by Gasteiger charge is -2.19. The van der Waals surface area contributed by atoms with Crippen molar-refractivity contribution >= 4 is 44.5 Å². The summed E-state index contributed by atoms with van der Waals surface area (Å²) < 4.78 is 21.4. The van der Waals surface area contributed by atoms with Gasteiger partial charge in [0, 0.05) is 28.9 Å². The molecule has 2 nitrogen and oxygen atoms in total. The first kappa shape index (κ1) is 17.0. The van der Waals surface area contributed by atoms with E-state index in [9.17, 15) is 4.39 Å². The van der Waals surface area contributed by atoms with E-state index in [0.717, 1.165) is 28.7 Å². The Morgan fingerprint density at radius 1 is 1.39 bits per heavy atom. The molecule has 0 bridgehead atoms. The third kappa shape index (κ3) is 4.00. The van der Waals surface area contributed by atoms with E-state index in [-0.39, 0.29) is 11.2 Å². The zero-order valence-corrected chi connectivity index (χ0v) is 16.4. The Bertz CT molecular complexity index is 769. The van der Waals surface area contributed by atoms with Crippen molar-refractivity contribution in [1.29, 1.82) is 0 Å². The molecule has 1 aromatic carbocycles. The number of hydrogen-bond acceptors (Lipinski definition) is 2. The Labute approximate surface area is 149 Å². The normalized spacial score (nSPS) is 16.3. The quantitative estimate of drug-likeness (QED) is 0.443. The van der Waals surface area contributed by atoms with Crippen LogP contribution in [0, 0.1) is 11.2 Å². The third-order valence-corrected chi connectivity index (χ3v) is 5.58. The van der Waals surface area contributed by atoms with Gasteiger partial charge in [0.15, 0.2) is 0 Å². The van der Waals surface area contributed by atoms with Crippen LogP contribution in [-0.4, -0.2) is 15.5 Å². The summed E-state index contributed by atoms with van der Waals surface area (Å²) in [4.78, 5) is 0. The Morgan fingerprint density at radius 3 is 2.70 bits per heavy atom. The summed E-state index contributed by atoms with van der Waals surface area (Å²) in [5.41, 5.74) is 3.21.